The fourth-order valence-electron chi connectivity index (χ4n) is 1.30. The number of nitrogens with one attached hydrogen (secondary N) is 2. The molecule has 0 saturated carbocycles. The van der Waals surface area contributed by atoms with E-state index in [4.69, 9.17) is 10.5 Å². The third-order valence-electron chi connectivity index (χ3n) is 2.03. The van der Waals surface area contributed by atoms with Gasteiger partial charge in [0.15, 0.2) is 0 Å². The summed E-state index contributed by atoms with van der Waals surface area (Å²) in [7, 11) is 0. The lowest BCUT2D eigenvalue weighted by Gasteiger charge is -2.11. The maximum absolute atomic E-state index is 8.45. The summed E-state index contributed by atoms with van der Waals surface area (Å²) < 4.78 is 0. The van der Waals surface area contributed by atoms with Crippen molar-refractivity contribution in [1.29, 1.82) is 10.5 Å². The first-order valence-electron chi connectivity index (χ1n) is 5.19. The molecule has 4 nitrogen and oxygen atoms in total. The standard InChI is InChI=1S/C12H14N4/c13-7-3-9-15-11-5-1-2-6-12(11)16-10-4-8-14/h1-2,5-6,15-16H,3-4,9-10H2. The molecule has 0 unspecified atom stereocenters. The summed E-state index contributed by atoms with van der Waals surface area (Å²) in [6, 6.07) is 11.9. The fraction of sp³-hybridized carbons (Fsp3) is 0.333. The topological polar surface area (TPSA) is 71.6 Å². The zero-order valence-electron chi connectivity index (χ0n) is 9.03. The van der Waals surface area contributed by atoms with Crippen LogP contribution < -0.4 is 10.6 Å². The first kappa shape index (κ1) is 11.9. The summed E-state index contributed by atoms with van der Waals surface area (Å²) in [5.74, 6) is 0. The van der Waals surface area contributed by atoms with E-state index in [1.54, 1.807) is 0 Å². The van der Waals surface area contributed by atoms with Crippen LogP contribution in [0.3, 0.4) is 0 Å². The molecular formula is C12H14N4. The van der Waals surface area contributed by atoms with E-state index in [0.717, 1.165) is 11.4 Å². The Balaban J connectivity index is 2.54. The van der Waals surface area contributed by atoms with Gasteiger partial charge in [-0.25, -0.2) is 0 Å². The summed E-state index contributed by atoms with van der Waals surface area (Å²) in [4.78, 5) is 0. The molecule has 1 aromatic carbocycles. The molecule has 82 valence electrons. The van der Waals surface area contributed by atoms with Crippen LogP contribution in [0.1, 0.15) is 12.8 Å². The molecule has 0 aliphatic rings. The Morgan fingerprint density at radius 3 is 1.69 bits per heavy atom. The Morgan fingerprint density at radius 2 is 1.31 bits per heavy atom. The molecule has 0 fully saturated rings. The average molecular weight is 214 g/mol. The van der Waals surface area contributed by atoms with Crippen molar-refractivity contribution in [3.8, 4) is 12.1 Å². The molecule has 0 atom stereocenters. The van der Waals surface area contributed by atoms with E-state index in [-0.39, 0.29) is 0 Å². The van der Waals surface area contributed by atoms with E-state index >= 15 is 0 Å². The smallest absolute Gasteiger partial charge is 0.0640 e. The molecule has 2 N–H and O–H groups in total. The van der Waals surface area contributed by atoms with E-state index in [0.29, 0.717) is 25.9 Å². The number of para-hydroxylation sites is 2. The van der Waals surface area contributed by atoms with Crippen molar-refractivity contribution in [3.05, 3.63) is 24.3 Å². The second-order valence-electron chi connectivity index (χ2n) is 3.22. The van der Waals surface area contributed by atoms with Gasteiger partial charge in [-0.15, -0.1) is 0 Å². The number of rotatable bonds is 6. The second-order valence-corrected chi connectivity index (χ2v) is 3.22. The highest BCUT2D eigenvalue weighted by Gasteiger charge is 1.99. The summed E-state index contributed by atoms with van der Waals surface area (Å²) in [5.41, 5.74) is 1.94. The molecule has 0 aliphatic heterocycles. The Morgan fingerprint density at radius 1 is 0.875 bits per heavy atom. The minimum absolute atomic E-state index is 0.479. The molecular weight excluding hydrogens is 200 g/mol. The van der Waals surface area contributed by atoms with Gasteiger partial charge in [-0.05, 0) is 12.1 Å². The average Bonchev–Trinajstić information content (AvgIpc) is 2.32. The van der Waals surface area contributed by atoms with Crippen LogP contribution in [0.15, 0.2) is 24.3 Å². The summed E-state index contributed by atoms with van der Waals surface area (Å²) in [6.45, 7) is 1.26. The third kappa shape index (κ3) is 3.89. The molecule has 1 aromatic rings. The number of benzene rings is 1. The number of anilines is 2. The fourth-order valence-corrected chi connectivity index (χ4v) is 1.30. The highest BCUT2D eigenvalue weighted by Crippen LogP contribution is 2.20. The molecule has 0 saturated heterocycles. The van der Waals surface area contributed by atoms with Gasteiger partial charge in [-0.2, -0.15) is 10.5 Å². The lowest BCUT2D eigenvalue weighted by atomic mass is 10.2. The van der Waals surface area contributed by atoms with Crippen molar-refractivity contribution in [2.24, 2.45) is 0 Å². The Hall–Kier alpha value is -2.20. The van der Waals surface area contributed by atoms with Gasteiger partial charge in [0.2, 0.25) is 0 Å². The van der Waals surface area contributed by atoms with Gasteiger partial charge in [0.1, 0.15) is 0 Å². The van der Waals surface area contributed by atoms with Crippen LogP contribution in [-0.4, -0.2) is 13.1 Å². The first-order valence-corrected chi connectivity index (χ1v) is 5.19. The van der Waals surface area contributed by atoms with E-state index in [9.17, 15) is 0 Å². The van der Waals surface area contributed by atoms with E-state index < -0.39 is 0 Å². The van der Waals surface area contributed by atoms with Crippen molar-refractivity contribution in [3.63, 3.8) is 0 Å². The van der Waals surface area contributed by atoms with Crippen LogP contribution in [0.2, 0.25) is 0 Å². The van der Waals surface area contributed by atoms with Crippen molar-refractivity contribution in [2.45, 2.75) is 12.8 Å². The largest absolute Gasteiger partial charge is 0.382 e. The summed E-state index contributed by atoms with van der Waals surface area (Å²) >= 11 is 0. The molecule has 0 spiro atoms. The molecule has 1 rings (SSSR count). The van der Waals surface area contributed by atoms with Gasteiger partial charge in [-0.3, -0.25) is 0 Å². The molecule has 0 radical (unpaired) electrons. The van der Waals surface area contributed by atoms with Gasteiger partial charge in [0, 0.05) is 13.1 Å². The molecule has 0 aromatic heterocycles. The highest BCUT2D eigenvalue weighted by atomic mass is 14.9. The van der Waals surface area contributed by atoms with Crippen molar-refractivity contribution in [1.82, 2.24) is 0 Å². The normalized spacial score (nSPS) is 8.88. The first-order chi connectivity index (χ1) is 7.88. The third-order valence-corrected chi connectivity index (χ3v) is 2.03. The maximum Gasteiger partial charge on any atom is 0.0640 e. The molecule has 0 aliphatic carbocycles. The molecule has 4 heteroatoms. The summed E-state index contributed by atoms with van der Waals surface area (Å²) in [6.07, 6.45) is 0.957. The zero-order chi connectivity index (χ0) is 11.6. The Labute approximate surface area is 95.5 Å². The molecule has 0 heterocycles. The molecule has 0 amide bonds. The van der Waals surface area contributed by atoms with Crippen molar-refractivity contribution >= 4 is 11.4 Å². The van der Waals surface area contributed by atoms with Crippen molar-refractivity contribution < 1.29 is 0 Å². The monoisotopic (exact) mass is 214 g/mol. The molecule has 0 bridgehead atoms. The van der Waals surface area contributed by atoms with Gasteiger partial charge in [0.25, 0.3) is 0 Å². The zero-order valence-corrected chi connectivity index (χ0v) is 9.03. The number of hydrogen-bond acceptors (Lipinski definition) is 4. The van der Waals surface area contributed by atoms with Crippen molar-refractivity contribution in [2.75, 3.05) is 23.7 Å². The summed E-state index contributed by atoms with van der Waals surface area (Å²) in [5, 5.41) is 23.2. The van der Waals surface area contributed by atoms with Gasteiger partial charge in [-0.1, -0.05) is 12.1 Å². The maximum atomic E-state index is 8.45. The predicted octanol–water partition coefficient (Wildman–Crippen LogP) is 2.34. The number of hydrogen-bond donors (Lipinski definition) is 2. The minimum atomic E-state index is 0.479. The van der Waals surface area contributed by atoms with Crippen LogP contribution in [0.5, 0.6) is 0 Å². The number of nitrogens with zero attached hydrogens (tertiary/aromatic N) is 2. The quantitative estimate of drug-likeness (QED) is 0.713. The lowest BCUT2D eigenvalue weighted by molar-refractivity contribution is 1.06. The van der Waals surface area contributed by atoms with Gasteiger partial charge in [0.05, 0.1) is 36.4 Å². The Bertz CT molecular complexity index is 361. The predicted molar refractivity (Wildman–Crippen MR) is 63.9 cm³/mol. The van der Waals surface area contributed by atoms with Gasteiger partial charge < -0.3 is 10.6 Å². The number of nitriles is 2. The van der Waals surface area contributed by atoms with E-state index in [2.05, 4.69) is 22.8 Å². The van der Waals surface area contributed by atoms with Crippen LogP contribution in [0.25, 0.3) is 0 Å². The highest BCUT2D eigenvalue weighted by molar-refractivity contribution is 5.68. The van der Waals surface area contributed by atoms with Crippen LogP contribution >= 0.6 is 0 Å². The second kappa shape index (κ2) is 7.14. The van der Waals surface area contributed by atoms with Crippen LogP contribution in [0, 0.1) is 22.7 Å². The minimum Gasteiger partial charge on any atom is -0.382 e. The Kier molecular flexibility index (Phi) is 5.30. The molecule has 16 heavy (non-hydrogen) atoms. The van der Waals surface area contributed by atoms with Crippen LogP contribution in [-0.2, 0) is 0 Å². The van der Waals surface area contributed by atoms with E-state index in [1.807, 2.05) is 24.3 Å². The SMILES string of the molecule is N#CCCNc1ccccc1NCCC#N. The van der Waals surface area contributed by atoms with Gasteiger partial charge >= 0.3 is 0 Å². The van der Waals surface area contributed by atoms with Crippen LogP contribution in [0.4, 0.5) is 11.4 Å². The lowest BCUT2D eigenvalue weighted by Crippen LogP contribution is -2.06. The van der Waals surface area contributed by atoms with E-state index in [1.165, 1.54) is 0 Å².